The third kappa shape index (κ3) is 5.97. The van der Waals surface area contributed by atoms with Crippen molar-refractivity contribution < 1.29 is 9.47 Å². The molecule has 0 spiro atoms. The van der Waals surface area contributed by atoms with E-state index in [1.54, 1.807) is 0 Å². The highest BCUT2D eigenvalue weighted by atomic mass is 79.9. The fourth-order valence-corrected chi connectivity index (χ4v) is 2.65. The lowest BCUT2D eigenvalue weighted by atomic mass is 10.1. The van der Waals surface area contributed by atoms with Crippen LogP contribution >= 0.6 is 15.9 Å². The van der Waals surface area contributed by atoms with Crippen molar-refractivity contribution >= 4 is 15.9 Å². The fraction of sp³-hybridized carbons (Fsp3) is 0.647. The van der Waals surface area contributed by atoms with Gasteiger partial charge in [-0.05, 0) is 63.8 Å². The van der Waals surface area contributed by atoms with Gasteiger partial charge in [-0.15, -0.1) is 0 Å². The Morgan fingerprint density at radius 3 is 2.81 bits per heavy atom. The van der Waals surface area contributed by atoms with E-state index in [4.69, 9.17) is 9.47 Å². The number of ether oxygens (including phenoxy) is 2. The maximum atomic E-state index is 5.90. The topological polar surface area (TPSA) is 30.5 Å². The molecule has 1 aromatic carbocycles. The second kappa shape index (κ2) is 7.61. The van der Waals surface area contributed by atoms with Crippen LogP contribution in [0.4, 0.5) is 0 Å². The maximum absolute atomic E-state index is 5.90. The van der Waals surface area contributed by atoms with Crippen molar-refractivity contribution in [3.63, 3.8) is 0 Å². The molecular weight excluding hydrogens is 330 g/mol. The summed E-state index contributed by atoms with van der Waals surface area (Å²) in [5.74, 6) is 0.915. The third-order valence-corrected chi connectivity index (χ3v) is 4.31. The molecule has 1 atom stereocenters. The van der Waals surface area contributed by atoms with E-state index in [0.29, 0.717) is 6.61 Å². The molecule has 0 aliphatic carbocycles. The molecule has 118 valence electrons. The van der Waals surface area contributed by atoms with Crippen LogP contribution in [0.25, 0.3) is 0 Å². The van der Waals surface area contributed by atoms with E-state index in [-0.39, 0.29) is 11.6 Å². The molecule has 2 rings (SSSR count). The first-order valence-electron chi connectivity index (χ1n) is 7.72. The van der Waals surface area contributed by atoms with Crippen LogP contribution in [0, 0.1) is 0 Å². The first-order valence-corrected chi connectivity index (χ1v) is 8.51. The molecule has 1 aliphatic heterocycles. The number of nitrogens with one attached hydrogen (secondary N) is 1. The average Bonchev–Trinajstić information content (AvgIpc) is 2.45. The van der Waals surface area contributed by atoms with Gasteiger partial charge in [-0.25, -0.2) is 0 Å². The summed E-state index contributed by atoms with van der Waals surface area (Å²) in [5, 5.41) is 3.50. The molecular formula is C17H26BrNO2. The highest BCUT2D eigenvalue weighted by Gasteiger charge is 2.15. The maximum Gasteiger partial charge on any atom is 0.119 e. The lowest BCUT2D eigenvalue weighted by Crippen LogP contribution is -2.35. The van der Waals surface area contributed by atoms with E-state index in [1.165, 1.54) is 18.4 Å². The molecule has 1 unspecified atom stereocenters. The lowest BCUT2D eigenvalue weighted by Gasteiger charge is -2.23. The van der Waals surface area contributed by atoms with Gasteiger partial charge in [-0.3, -0.25) is 0 Å². The van der Waals surface area contributed by atoms with Crippen molar-refractivity contribution in [2.45, 2.75) is 58.2 Å². The van der Waals surface area contributed by atoms with Crippen LogP contribution in [0.5, 0.6) is 5.75 Å². The first kappa shape index (κ1) is 16.8. The molecule has 1 aromatic rings. The molecule has 0 radical (unpaired) electrons. The summed E-state index contributed by atoms with van der Waals surface area (Å²) in [6, 6.07) is 6.16. The van der Waals surface area contributed by atoms with Crippen molar-refractivity contribution in [2.75, 3.05) is 13.2 Å². The zero-order valence-electron chi connectivity index (χ0n) is 13.2. The minimum absolute atomic E-state index is 0.103. The largest absolute Gasteiger partial charge is 0.491 e. The van der Waals surface area contributed by atoms with E-state index in [2.05, 4.69) is 54.2 Å². The summed E-state index contributed by atoms with van der Waals surface area (Å²) in [4.78, 5) is 0. The van der Waals surface area contributed by atoms with Gasteiger partial charge in [-0.1, -0.05) is 15.9 Å². The van der Waals surface area contributed by atoms with Crippen LogP contribution in [0.15, 0.2) is 22.7 Å². The molecule has 0 aromatic heterocycles. The molecule has 1 aliphatic rings. The van der Waals surface area contributed by atoms with Crippen LogP contribution in [-0.2, 0) is 11.3 Å². The van der Waals surface area contributed by atoms with Gasteiger partial charge >= 0.3 is 0 Å². The Labute approximate surface area is 136 Å². The van der Waals surface area contributed by atoms with Crippen molar-refractivity contribution in [1.82, 2.24) is 5.32 Å². The smallest absolute Gasteiger partial charge is 0.119 e. The van der Waals surface area contributed by atoms with Crippen LogP contribution in [0.2, 0.25) is 0 Å². The second-order valence-electron chi connectivity index (χ2n) is 6.66. The molecule has 0 saturated carbocycles. The molecule has 1 N–H and O–H groups in total. The van der Waals surface area contributed by atoms with Gasteiger partial charge in [0.2, 0.25) is 0 Å². The summed E-state index contributed by atoms with van der Waals surface area (Å²) in [6.45, 7) is 8.84. The highest BCUT2D eigenvalue weighted by Crippen LogP contribution is 2.24. The SMILES string of the molecule is CC(C)(C)NCc1cc(OCC2CCCCO2)ccc1Br. The number of rotatable bonds is 5. The lowest BCUT2D eigenvalue weighted by molar-refractivity contribution is -0.0110. The van der Waals surface area contributed by atoms with Gasteiger partial charge in [0.1, 0.15) is 12.4 Å². The summed E-state index contributed by atoms with van der Waals surface area (Å²) in [7, 11) is 0. The van der Waals surface area contributed by atoms with E-state index >= 15 is 0 Å². The molecule has 4 heteroatoms. The number of halogens is 1. The Morgan fingerprint density at radius 2 is 2.14 bits per heavy atom. The highest BCUT2D eigenvalue weighted by molar-refractivity contribution is 9.10. The Morgan fingerprint density at radius 1 is 1.33 bits per heavy atom. The molecule has 1 saturated heterocycles. The van der Waals surface area contributed by atoms with Crippen molar-refractivity contribution in [1.29, 1.82) is 0 Å². The molecule has 0 amide bonds. The summed E-state index contributed by atoms with van der Waals surface area (Å²) < 4.78 is 12.7. The normalized spacial score (nSPS) is 19.5. The average molecular weight is 356 g/mol. The Hall–Kier alpha value is -0.580. The van der Waals surface area contributed by atoms with Crippen LogP contribution < -0.4 is 10.1 Å². The van der Waals surface area contributed by atoms with Crippen LogP contribution in [-0.4, -0.2) is 24.9 Å². The van der Waals surface area contributed by atoms with Crippen molar-refractivity contribution in [2.24, 2.45) is 0 Å². The van der Waals surface area contributed by atoms with E-state index in [1.807, 2.05) is 6.07 Å². The quantitative estimate of drug-likeness (QED) is 0.854. The zero-order valence-corrected chi connectivity index (χ0v) is 14.8. The molecule has 1 heterocycles. The minimum Gasteiger partial charge on any atom is -0.491 e. The first-order chi connectivity index (χ1) is 9.94. The van der Waals surface area contributed by atoms with Gasteiger partial charge < -0.3 is 14.8 Å². The number of hydrogen-bond acceptors (Lipinski definition) is 3. The standard InChI is InChI=1S/C17H26BrNO2/c1-17(2,3)19-11-13-10-14(7-8-16(13)18)21-12-15-6-4-5-9-20-15/h7-8,10,15,19H,4-6,9,11-12H2,1-3H3. The predicted molar refractivity (Wildman–Crippen MR) is 89.8 cm³/mol. The van der Waals surface area contributed by atoms with E-state index < -0.39 is 0 Å². The van der Waals surface area contributed by atoms with Gasteiger partial charge in [0.15, 0.2) is 0 Å². The van der Waals surface area contributed by atoms with Gasteiger partial charge in [0.25, 0.3) is 0 Å². The van der Waals surface area contributed by atoms with Crippen molar-refractivity contribution in [3.05, 3.63) is 28.2 Å². The molecule has 3 nitrogen and oxygen atoms in total. The summed E-state index contributed by atoms with van der Waals surface area (Å²) in [6.07, 6.45) is 3.78. The summed E-state index contributed by atoms with van der Waals surface area (Å²) >= 11 is 3.61. The Kier molecular flexibility index (Phi) is 6.08. The van der Waals surface area contributed by atoms with Crippen LogP contribution in [0.1, 0.15) is 45.6 Å². The van der Waals surface area contributed by atoms with E-state index in [0.717, 1.165) is 29.8 Å². The second-order valence-corrected chi connectivity index (χ2v) is 7.51. The van der Waals surface area contributed by atoms with E-state index in [9.17, 15) is 0 Å². The summed E-state index contributed by atoms with van der Waals surface area (Å²) in [5.41, 5.74) is 1.32. The zero-order chi connectivity index (χ0) is 15.3. The van der Waals surface area contributed by atoms with Crippen molar-refractivity contribution in [3.8, 4) is 5.75 Å². The molecule has 0 bridgehead atoms. The Balaban J connectivity index is 1.91. The Bertz CT molecular complexity index is 451. The number of benzene rings is 1. The predicted octanol–water partition coefficient (Wildman–Crippen LogP) is 4.29. The third-order valence-electron chi connectivity index (χ3n) is 3.54. The minimum atomic E-state index is 0.103. The molecule has 1 fully saturated rings. The van der Waals surface area contributed by atoms with Crippen LogP contribution in [0.3, 0.4) is 0 Å². The van der Waals surface area contributed by atoms with Gasteiger partial charge in [0.05, 0.1) is 6.10 Å². The monoisotopic (exact) mass is 355 g/mol. The molecule has 21 heavy (non-hydrogen) atoms. The number of hydrogen-bond donors (Lipinski definition) is 1. The fourth-order valence-electron chi connectivity index (χ4n) is 2.26. The van der Waals surface area contributed by atoms with Gasteiger partial charge in [0, 0.05) is 23.2 Å². The van der Waals surface area contributed by atoms with Gasteiger partial charge in [-0.2, -0.15) is 0 Å².